The Morgan fingerprint density at radius 1 is 1.00 bits per heavy atom. The van der Waals surface area contributed by atoms with Gasteiger partial charge in [-0.15, -0.1) is 0 Å². The summed E-state index contributed by atoms with van der Waals surface area (Å²) in [5, 5.41) is 5.80. The maximum atomic E-state index is 12.9. The van der Waals surface area contributed by atoms with Crippen molar-refractivity contribution in [2.45, 2.75) is 6.18 Å². The zero-order valence-electron chi connectivity index (χ0n) is 13.2. The third kappa shape index (κ3) is 3.71. The van der Waals surface area contributed by atoms with E-state index in [2.05, 4.69) is 10.4 Å². The molecule has 2 aromatic carbocycles. The van der Waals surface area contributed by atoms with Gasteiger partial charge in [0.1, 0.15) is 0 Å². The Hall–Kier alpha value is -3.09. The highest BCUT2D eigenvalue weighted by atomic mass is 19.4. The Bertz CT molecular complexity index is 884. The van der Waals surface area contributed by atoms with E-state index in [1.807, 2.05) is 30.3 Å². The molecule has 128 valence electrons. The van der Waals surface area contributed by atoms with Crippen LogP contribution in [0.15, 0.2) is 60.8 Å². The number of alkyl halides is 3. The molecular formula is C18H14F3N3O. The number of nitrogens with one attached hydrogen (secondary N) is 1. The van der Waals surface area contributed by atoms with Crippen molar-refractivity contribution in [1.82, 2.24) is 9.78 Å². The lowest BCUT2D eigenvalue weighted by molar-refractivity contribution is -0.141. The van der Waals surface area contributed by atoms with Crippen molar-refractivity contribution in [1.29, 1.82) is 0 Å². The summed E-state index contributed by atoms with van der Waals surface area (Å²) in [7, 11) is 1.33. The molecule has 0 spiro atoms. The number of carbonyl (C=O) groups excluding carboxylic acids is 1. The molecule has 0 radical (unpaired) electrons. The molecule has 1 heterocycles. The van der Waals surface area contributed by atoms with E-state index in [9.17, 15) is 18.0 Å². The fraction of sp³-hybridized carbons (Fsp3) is 0.111. The van der Waals surface area contributed by atoms with Gasteiger partial charge in [-0.2, -0.15) is 18.3 Å². The van der Waals surface area contributed by atoms with Gasteiger partial charge in [0.05, 0.1) is 5.56 Å². The third-order valence-electron chi connectivity index (χ3n) is 3.59. The van der Waals surface area contributed by atoms with Gasteiger partial charge in [-0.05, 0) is 23.3 Å². The fourth-order valence-corrected chi connectivity index (χ4v) is 2.44. The van der Waals surface area contributed by atoms with Gasteiger partial charge in [0.2, 0.25) is 0 Å². The summed E-state index contributed by atoms with van der Waals surface area (Å²) < 4.78 is 39.8. The van der Waals surface area contributed by atoms with E-state index in [1.165, 1.54) is 7.05 Å². The number of hydrogen-bond donors (Lipinski definition) is 1. The number of benzene rings is 2. The first-order valence-corrected chi connectivity index (χ1v) is 7.42. The van der Waals surface area contributed by atoms with Crippen LogP contribution in [0.4, 0.5) is 18.9 Å². The van der Waals surface area contributed by atoms with E-state index in [-0.39, 0.29) is 0 Å². The maximum absolute atomic E-state index is 12.9. The molecule has 0 fully saturated rings. The van der Waals surface area contributed by atoms with Crippen molar-refractivity contribution in [2.24, 2.45) is 7.05 Å². The molecule has 3 aromatic rings. The summed E-state index contributed by atoms with van der Waals surface area (Å²) in [6, 6.07) is 16.5. The topological polar surface area (TPSA) is 46.9 Å². The second-order valence-corrected chi connectivity index (χ2v) is 5.46. The van der Waals surface area contributed by atoms with Gasteiger partial charge in [-0.3, -0.25) is 9.48 Å². The number of halogens is 3. The minimum absolute atomic E-state index is 0.404. The van der Waals surface area contributed by atoms with E-state index in [0.29, 0.717) is 5.69 Å². The highest BCUT2D eigenvalue weighted by Crippen LogP contribution is 2.31. The zero-order chi connectivity index (χ0) is 18.0. The summed E-state index contributed by atoms with van der Waals surface area (Å²) in [6.45, 7) is 0. The summed E-state index contributed by atoms with van der Waals surface area (Å²) >= 11 is 0. The van der Waals surface area contributed by atoms with Gasteiger partial charge in [0, 0.05) is 18.9 Å². The molecule has 0 unspecified atom stereocenters. The predicted octanol–water partition coefficient (Wildman–Crippen LogP) is 4.36. The van der Waals surface area contributed by atoms with Crippen molar-refractivity contribution in [2.75, 3.05) is 5.32 Å². The monoisotopic (exact) mass is 345 g/mol. The summed E-state index contributed by atoms with van der Waals surface area (Å²) in [5.41, 5.74) is 0.639. The number of hydrogen-bond acceptors (Lipinski definition) is 2. The van der Waals surface area contributed by atoms with Crippen LogP contribution in [0.2, 0.25) is 0 Å². The number of anilines is 1. The van der Waals surface area contributed by atoms with Crippen LogP contribution in [0.3, 0.4) is 0 Å². The molecule has 0 aliphatic carbocycles. The van der Waals surface area contributed by atoms with E-state index < -0.39 is 23.3 Å². The number of rotatable bonds is 3. The quantitative estimate of drug-likeness (QED) is 0.767. The van der Waals surface area contributed by atoms with Crippen LogP contribution < -0.4 is 5.32 Å². The highest BCUT2D eigenvalue weighted by Gasteiger charge is 2.38. The Kier molecular flexibility index (Phi) is 4.31. The van der Waals surface area contributed by atoms with Gasteiger partial charge in [-0.1, -0.05) is 42.5 Å². The van der Waals surface area contributed by atoms with E-state index in [1.54, 1.807) is 24.3 Å². The SMILES string of the molecule is Cn1cc(C(=O)Nc2ccc(-c3ccccc3)cc2)c(C(F)(F)F)n1. The first-order valence-electron chi connectivity index (χ1n) is 7.42. The molecular weight excluding hydrogens is 331 g/mol. The average molecular weight is 345 g/mol. The highest BCUT2D eigenvalue weighted by molar-refractivity contribution is 6.05. The van der Waals surface area contributed by atoms with Gasteiger partial charge in [0.15, 0.2) is 5.69 Å². The molecule has 0 bridgehead atoms. The Morgan fingerprint density at radius 2 is 1.60 bits per heavy atom. The molecule has 0 aliphatic rings. The van der Waals surface area contributed by atoms with Gasteiger partial charge >= 0.3 is 6.18 Å². The lowest BCUT2D eigenvalue weighted by atomic mass is 10.1. The minimum atomic E-state index is -4.69. The standard InChI is InChI=1S/C18H14F3N3O/c1-24-11-15(16(23-24)18(19,20)21)17(25)22-14-9-7-13(8-10-14)12-5-3-2-4-6-12/h2-11H,1H3,(H,22,25). The molecule has 0 saturated heterocycles. The average Bonchev–Trinajstić information content (AvgIpc) is 2.99. The predicted molar refractivity (Wildman–Crippen MR) is 88.0 cm³/mol. The second kappa shape index (κ2) is 6.43. The van der Waals surface area contributed by atoms with E-state index in [0.717, 1.165) is 22.0 Å². The third-order valence-corrected chi connectivity index (χ3v) is 3.59. The Morgan fingerprint density at radius 3 is 2.20 bits per heavy atom. The zero-order valence-corrected chi connectivity index (χ0v) is 13.2. The van der Waals surface area contributed by atoms with Crippen LogP contribution in [0, 0.1) is 0 Å². The van der Waals surface area contributed by atoms with Crippen molar-refractivity contribution in [3.05, 3.63) is 72.1 Å². The molecule has 1 amide bonds. The summed E-state index contributed by atoms with van der Waals surface area (Å²) in [4.78, 5) is 12.2. The lowest BCUT2D eigenvalue weighted by Crippen LogP contribution is -2.17. The number of aryl methyl sites for hydroxylation is 1. The fourth-order valence-electron chi connectivity index (χ4n) is 2.44. The molecule has 0 aliphatic heterocycles. The van der Waals surface area contributed by atoms with Crippen LogP contribution >= 0.6 is 0 Å². The summed E-state index contributed by atoms with van der Waals surface area (Å²) in [5.74, 6) is -0.854. The molecule has 1 N–H and O–H groups in total. The maximum Gasteiger partial charge on any atom is 0.435 e. The molecule has 4 nitrogen and oxygen atoms in total. The number of nitrogens with zero attached hydrogens (tertiary/aromatic N) is 2. The normalized spacial score (nSPS) is 11.4. The summed E-state index contributed by atoms with van der Waals surface area (Å²) in [6.07, 6.45) is -3.64. The van der Waals surface area contributed by atoms with Gasteiger partial charge in [-0.25, -0.2) is 0 Å². The second-order valence-electron chi connectivity index (χ2n) is 5.46. The van der Waals surface area contributed by atoms with Crippen molar-refractivity contribution >= 4 is 11.6 Å². The molecule has 7 heteroatoms. The van der Waals surface area contributed by atoms with Crippen molar-refractivity contribution in [3.63, 3.8) is 0 Å². The number of amides is 1. The Balaban J connectivity index is 1.80. The molecule has 1 aromatic heterocycles. The first-order chi connectivity index (χ1) is 11.8. The van der Waals surface area contributed by atoms with Gasteiger partial charge < -0.3 is 5.32 Å². The Labute approximate surface area is 141 Å². The molecule has 0 saturated carbocycles. The van der Waals surface area contributed by atoms with Gasteiger partial charge in [0.25, 0.3) is 5.91 Å². The molecule has 25 heavy (non-hydrogen) atoms. The largest absolute Gasteiger partial charge is 0.435 e. The molecule has 3 rings (SSSR count). The van der Waals surface area contributed by atoms with Crippen LogP contribution in [0.1, 0.15) is 16.1 Å². The minimum Gasteiger partial charge on any atom is -0.322 e. The van der Waals surface area contributed by atoms with Crippen LogP contribution in [-0.4, -0.2) is 15.7 Å². The number of aromatic nitrogens is 2. The number of carbonyl (C=O) groups is 1. The molecule has 0 atom stereocenters. The van der Waals surface area contributed by atoms with Crippen molar-refractivity contribution in [3.8, 4) is 11.1 Å². The van der Waals surface area contributed by atoms with E-state index >= 15 is 0 Å². The van der Waals surface area contributed by atoms with E-state index in [4.69, 9.17) is 0 Å². The van der Waals surface area contributed by atoms with Crippen LogP contribution in [0.5, 0.6) is 0 Å². The smallest absolute Gasteiger partial charge is 0.322 e. The van der Waals surface area contributed by atoms with Crippen LogP contribution in [0.25, 0.3) is 11.1 Å². The van der Waals surface area contributed by atoms with Crippen LogP contribution in [-0.2, 0) is 13.2 Å². The lowest BCUT2D eigenvalue weighted by Gasteiger charge is -2.08. The van der Waals surface area contributed by atoms with Crippen molar-refractivity contribution < 1.29 is 18.0 Å². The first kappa shape index (κ1) is 16.8.